The molecule has 0 aromatic carbocycles. The Morgan fingerprint density at radius 1 is 0.700 bits per heavy atom. The van der Waals surface area contributed by atoms with Gasteiger partial charge in [0.25, 0.3) is 20.2 Å². The van der Waals surface area contributed by atoms with E-state index in [1.54, 1.807) is 0 Å². The molecule has 20 heteroatoms. The van der Waals surface area contributed by atoms with Crippen molar-refractivity contribution in [2.75, 3.05) is 18.1 Å². The maximum atomic E-state index is 11.8. The summed E-state index contributed by atoms with van der Waals surface area (Å²) in [7, 11) is -10.7. The molecule has 0 fully saturated rings. The average molecular weight is 518 g/mol. The Labute approximate surface area is 163 Å². The topological polar surface area (TPSA) is 149 Å². The molecule has 0 aliphatic heterocycles. The lowest BCUT2D eigenvalue weighted by Crippen LogP contribution is -2.42. The fourth-order valence-corrected chi connectivity index (χ4v) is 1.99. The van der Waals surface area contributed by atoms with Crippen molar-refractivity contribution < 1.29 is 80.1 Å². The van der Waals surface area contributed by atoms with Crippen molar-refractivity contribution in [3.05, 3.63) is 0 Å². The van der Waals surface area contributed by atoms with E-state index in [2.05, 4.69) is 0 Å². The smallest absolute Gasteiger partial charge is 0.394 e. The maximum Gasteiger partial charge on any atom is 0.454 e. The molecule has 0 aliphatic rings. The van der Waals surface area contributed by atoms with Gasteiger partial charge in [0.05, 0.1) is 12.7 Å². The van der Waals surface area contributed by atoms with E-state index in [9.17, 15) is 60.7 Å². The number of rotatable bonds is 6. The molecule has 0 aliphatic carbocycles. The Balaban J connectivity index is -0.000000386. The van der Waals surface area contributed by atoms with Crippen molar-refractivity contribution >= 4 is 20.2 Å². The summed E-state index contributed by atoms with van der Waals surface area (Å²) in [5.74, 6) is -16.1. The highest BCUT2D eigenvalue weighted by Crippen LogP contribution is 2.36. The van der Waals surface area contributed by atoms with Gasteiger partial charge in [-0.2, -0.15) is 60.7 Å². The van der Waals surface area contributed by atoms with Crippen LogP contribution in [-0.4, -0.2) is 84.6 Å². The summed E-state index contributed by atoms with van der Waals surface area (Å²) in [6.07, 6.45) is -11.8. The highest BCUT2D eigenvalue weighted by Gasteiger charge is 2.60. The van der Waals surface area contributed by atoms with Crippen molar-refractivity contribution in [1.82, 2.24) is 0 Å². The number of aliphatic hydroxyl groups excluding tert-OH is 2. The molecule has 1 unspecified atom stereocenters. The fourth-order valence-electron chi connectivity index (χ4n) is 0.751. The van der Waals surface area contributed by atoms with Gasteiger partial charge < -0.3 is 10.2 Å². The molecule has 8 nitrogen and oxygen atoms in total. The first-order chi connectivity index (χ1) is 12.7. The Morgan fingerprint density at radius 3 is 0.967 bits per heavy atom. The Hall–Kier alpha value is -0.960. The van der Waals surface area contributed by atoms with E-state index in [0.29, 0.717) is 6.42 Å². The molecule has 0 amide bonds. The first-order valence-corrected chi connectivity index (χ1v) is 10.0. The molecule has 4 N–H and O–H groups in total. The second-order valence-corrected chi connectivity index (χ2v) is 8.01. The molecule has 0 rings (SSSR count). The van der Waals surface area contributed by atoms with Crippen LogP contribution in [0.4, 0.5) is 43.9 Å². The molecule has 0 saturated carbocycles. The third-order valence-corrected chi connectivity index (χ3v) is 3.69. The van der Waals surface area contributed by atoms with Gasteiger partial charge in [-0.15, -0.1) is 0 Å². The number of aliphatic hydroxyl groups is 2. The molecule has 1 atom stereocenters. The summed E-state index contributed by atoms with van der Waals surface area (Å²) in [4.78, 5) is 0. The molecule has 0 heterocycles. The van der Waals surface area contributed by atoms with E-state index in [4.69, 9.17) is 19.3 Å². The number of halogens is 10. The lowest BCUT2D eigenvalue weighted by Gasteiger charge is -2.17. The Kier molecular flexibility index (Phi) is 13.0. The van der Waals surface area contributed by atoms with E-state index < -0.39 is 62.0 Å². The van der Waals surface area contributed by atoms with Gasteiger partial charge in [0.1, 0.15) is 11.5 Å². The van der Waals surface area contributed by atoms with Crippen LogP contribution in [-0.2, 0) is 20.2 Å². The van der Waals surface area contributed by atoms with Gasteiger partial charge in [0.2, 0.25) is 0 Å². The third-order valence-electron chi connectivity index (χ3n) is 2.24. The van der Waals surface area contributed by atoms with Gasteiger partial charge >= 0.3 is 24.2 Å². The van der Waals surface area contributed by atoms with Gasteiger partial charge in [-0.3, -0.25) is 9.11 Å². The molecule has 0 radical (unpaired) electrons. The lowest BCUT2D eigenvalue weighted by molar-refractivity contribution is -0.271. The van der Waals surface area contributed by atoms with Crippen LogP contribution in [0.2, 0.25) is 0 Å². The summed E-state index contributed by atoms with van der Waals surface area (Å²) < 4.78 is 169. The minimum atomic E-state index is -5.97. The molecule has 186 valence electrons. The number of hydrogen-bond acceptors (Lipinski definition) is 6. The van der Waals surface area contributed by atoms with Crippen LogP contribution in [0.1, 0.15) is 13.3 Å². The molecular weight excluding hydrogens is 502 g/mol. The van der Waals surface area contributed by atoms with Crippen LogP contribution < -0.4 is 0 Å². The van der Waals surface area contributed by atoms with Gasteiger partial charge in [0.15, 0.2) is 0 Å². The fraction of sp³-hybridized carbons (Fsp3) is 1.00. The predicted molar refractivity (Wildman–Crippen MR) is 78.2 cm³/mol. The average Bonchev–Trinajstić information content (AvgIpc) is 2.40. The SMILES string of the molecule is CCC(O)CO.O=S(=O)(O)CC(F)(F)C(F)(F)F.O=S(=O)(O)CC(F)(F)C(F)(F)F. The molecule has 0 bridgehead atoms. The van der Waals surface area contributed by atoms with Gasteiger partial charge in [0, 0.05) is 0 Å². The Bertz CT molecular complexity index is 639. The van der Waals surface area contributed by atoms with E-state index >= 15 is 0 Å². The zero-order valence-electron chi connectivity index (χ0n) is 14.4. The molecule has 0 saturated heterocycles. The molecular formula is C10H16F10O8S2. The van der Waals surface area contributed by atoms with E-state index in [-0.39, 0.29) is 6.61 Å². The third kappa shape index (κ3) is 16.8. The Morgan fingerprint density at radius 2 is 0.933 bits per heavy atom. The quantitative estimate of drug-likeness (QED) is 0.308. The number of hydrogen-bond donors (Lipinski definition) is 4. The summed E-state index contributed by atoms with van der Waals surface area (Å²) in [6, 6.07) is 0. The monoisotopic (exact) mass is 518 g/mol. The molecule has 0 spiro atoms. The highest BCUT2D eigenvalue weighted by atomic mass is 32.2. The zero-order chi connectivity index (χ0) is 25.4. The summed E-state index contributed by atoms with van der Waals surface area (Å²) in [5, 5.41) is 16.5. The van der Waals surface area contributed by atoms with Crippen molar-refractivity contribution in [2.24, 2.45) is 0 Å². The number of alkyl halides is 10. The van der Waals surface area contributed by atoms with Crippen LogP contribution in [0, 0.1) is 0 Å². The van der Waals surface area contributed by atoms with Gasteiger partial charge in [-0.05, 0) is 6.42 Å². The van der Waals surface area contributed by atoms with Crippen molar-refractivity contribution in [2.45, 2.75) is 43.6 Å². The molecule has 30 heavy (non-hydrogen) atoms. The van der Waals surface area contributed by atoms with Crippen LogP contribution in [0.3, 0.4) is 0 Å². The van der Waals surface area contributed by atoms with Crippen LogP contribution in [0.15, 0.2) is 0 Å². The first-order valence-electron chi connectivity index (χ1n) is 6.80. The van der Waals surface area contributed by atoms with Crippen LogP contribution >= 0.6 is 0 Å². The molecule has 0 aromatic rings. The lowest BCUT2D eigenvalue weighted by atomic mass is 10.3. The normalized spacial score (nSPS) is 14.8. The van der Waals surface area contributed by atoms with Crippen LogP contribution in [0.5, 0.6) is 0 Å². The maximum absolute atomic E-state index is 11.8. The van der Waals surface area contributed by atoms with Crippen LogP contribution in [0.25, 0.3) is 0 Å². The van der Waals surface area contributed by atoms with Crippen molar-refractivity contribution in [1.29, 1.82) is 0 Å². The second kappa shape index (κ2) is 11.6. The van der Waals surface area contributed by atoms with E-state index in [1.807, 2.05) is 6.92 Å². The first kappa shape index (κ1) is 33.7. The highest BCUT2D eigenvalue weighted by molar-refractivity contribution is 7.86. The van der Waals surface area contributed by atoms with E-state index in [1.165, 1.54) is 0 Å². The minimum absolute atomic E-state index is 0.115. The largest absolute Gasteiger partial charge is 0.454 e. The molecule has 0 aromatic heterocycles. The summed E-state index contributed by atoms with van der Waals surface area (Å²) in [6.45, 7) is 1.71. The van der Waals surface area contributed by atoms with Crippen molar-refractivity contribution in [3.63, 3.8) is 0 Å². The standard InChI is InChI=1S/C4H10O2.2C3H3F5O3S/c1-2-4(6)3-5;2*4-2(5,3(6,7)8)1-12(9,10)11/h4-6H,2-3H2,1H3;2*1H2,(H,9,10,11). The minimum Gasteiger partial charge on any atom is -0.394 e. The predicted octanol–water partition coefficient (Wildman–Crippen LogP) is 1.89. The van der Waals surface area contributed by atoms with Crippen molar-refractivity contribution in [3.8, 4) is 0 Å². The van der Waals surface area contributed by atoms with Gasteiger partial charge in [-0.25, -0.2) is 0 Å². The summed E-state index contributed by atoms with van der Waals surface area (Å²) >= 11 is 0. The zero-order valence-corrected chi connectivity index (χ0v) is 16.1. The summed E-state index contributed by atoms with van der Waals surface area (Å²) in [5.41, 5.74) is 0. The van der Waals surface area contributed by atoms with Gasteiger partial charge in [-0.1, -0.05) is 6.92 Å². The van der Waals surface area contributed by atoms with E-state index in [0.717, 1.165) is 0 Å². The second-order valence-electron chi connectivity index (χ2n) is 5.10.